The monoisotopic (exact) mass is 447 g/mol. The lowest BCUT2D eigenvalue weighted by atomic mass is 9.97. The molecule has 0 amide bonds. The third kappa shape index (κ3) is 4.03. The molecule has 0 radical (unpaired) electrons. The van der Waals surface area contributed by atoms with Crippen molar-refractivity contribution in [2.45, 2.75) is 31.9 Å². The predicted molar refractivity (Wildman–Crippen MR) is 126 cm³/mol. The van der Waals surface area contributed by atoms with Crippen molar-refractivity contribution in [3.05, 3.63) is 42.2 Å². The zero-order valence-electron chi connectivity index (χ0n) is 18.8. The third-order valence-electron chi connectivity index (χ3n) is 6.70. The summed E-state index contributed by atoms with van der Waals surface area (Å²) >= 11 is 0. The number of ether oxygens (including phenoxy) is 3. The first-order valence-corrected chi connectivity index (χ1v) is 11.9. The van der Waals surface area contributed by atoms with Gasteiger partial charge in [-0.2, -0.15) is 5.10 Å². The number of hydrogen-bond acceptors (Lipinski definition) is 7. The van der Waals surface area contributed by atoms with E-state index in [2.05, 4.69) is 28.2 Å². The van der Waals surface area contributed by atoms with Crippen LogP contribution in [0.2, 0.25) is 0 Å². The second-order valence-electron chi connectivity index (χ2n) is 8.72. The topological polar surface area (TPSA) is 74.5 Å². The lowest BCUT2D eigenvalue weighted by molar-refractivity contribution is -0.0383. The van der Waals surface area contributed by atoms with Gasteiger partial charge in [0.15, 0.2) is 6.23 Å². The highest BCUT2D eigenvalue weighted by atomic mass is 16.5. The van der Waals surface area contributed by atoms with E-state index in [1.165, 1.54) is 11.1 Å². The van der Waals surface area contributed by atoms with E-state index >= 15 is 0 Å². The number of rotatable bonds is 4. The van der Waals surface area contributed by atoms with Gasteiger partial charge in [0.1, 0.15) is 17.0 Å². The zero-order valence-corrected chi connectivity index (χ0v) is 18.8. The second-order valence-corrected chi connectivity index (χ2v) is 8.72. The molecule has 33 heavy (non-hydrogen) atoms. The maximum Gasteiger partial charge on any atom is 0.150 e. The van der Waals surface area contributed by atoms with Gasteiger partial charge in [-0.15, -0.1) is 0 Å². The van der Waals surface area contributed by atoms with E-state index in [4.69, 9.17) is 24.2 Å². The van der Waals surface area contributed by atoms with Gasteiger partial charge >= 0.3 is 0 Å². The summed E-state index contributed by atoms with van der Waals surface area (Å²) in [6, 6.07) is 6.34. The molecule has 3 aliphatic rings. The minimum Gasteiger partial charge on any atom is -0.378 e. The van der Waals surface area contributed by atoms with Gasteiger partial charge in [0.25, 0.3) is 0 Å². The molecule has 8 nitrogen and oxygen atoms in total. The summed E-state index contributed by atoms with van der Waals surface area (Å²) in [7, 11) is 0. The van der Waals surface area contributed by atoms with E-state index in [9.17, 15) is 0 Å². The first-order valence-electron chi connectivity index (χ1n) is 11.9. The molecule has 0 N–H and O–H groups in total. The van der Waals surface area contributed by atoms with E-state index in [0.717, 1.165) is 93.3 Å². The number of fused-ring (bicyclic) bond motifs is 1. The maximum atomic E-state index is 6.04. The summed E-state index contributed by atoms with van der Waals surface area (Å²) < 4.78 is 19.2. The molecule has 0 saturated carbocycles. The number of aromatic nitrogens is 4. The maximum absolute atomic E-state index is 6.04. The number of morpholine rings is 1. The van der Waals surface area contributed by atoms with Crippen LogP contribution in [-0.2, 0) is 14.2 Å². The Labute approximate surface area is 193 Å². The van der Waals surface area contributed by atoms with Crippen LogP contribution in [0, 0.1) is 0 Å². The second kappa shape index (κ2) is 9.21. The predicted octanol–water partition coefficient (Wildman–Crippen LogP) is 3.83. The standard InChI is InChI=1S/C25H29N5O3/c1-2-12-33-23(3-1)30-21(5-9-27-30)25-24-19(4-8-26-25)20(18-6-13-31-14-7-18)17-22(28-24)29-10-15-32-16-11-29/h4-6,8-9,17,23H,1-3,7,10-16H2. The molecule has 0 aliphatic carbocycles. The molecule has 6 rings (SSSR count). The summed E-state index contributed by atoms with van der Waals surface area (Å²) in [6.45, 7) is 5.27. The molecule has 0 aromatic carbocycles. The number of nitrogens with zero attached hydrogens (tertiary/aromatic N) is 5. The van der Waals surface area contributed by atoms with E-state index in [1.807, 2.05) is 23.1 Å². The molecule has 172 valence electrons. The summed E-state index contributed by atoms with van der Waals surface area (Å²) in [5.41, 5.74) is 5.23. The van der Waals surface area contributed by atoms with Crippen molar-refractivity contribution in [3.8, 4) is 11.4 Å². The first-order chi connectivity index (χ1) is 16.4. The lowest BCUT2D eigenvalue weighted by Crippen LogP contribution is -2.36. The Morgan fingerprint density at radius 1 is 0.970 bits per heavy atom. The average molecular weight is 448 g/mol. The van der Waals surface area contributed by atoms with Gasteiger partial charge < -0.3 is 19.1 Å². The highest BCUT2D eigenvalue weighted by Gasteiger charge is 2.24. The summed E-state index contributed by atoms with van der Waals surface area (Å²) in [5.74, 6) is 0.974. The van der Waals surface area contributed by atoms with Gasteiger partial charge in [-0.05, 0) is 55.0 Å². The summed E-state index contributed by atoms with van der Waals surface area (Å²) in [4.78, 5) is 12.3. The number of hydrogen-bond donors (Lipinski definition) is 0. The van der Waals surface area contributed by atoms with Gasteiger partial charge in [-0.25, -0.2) is 9.67 Å². The van der Waals surface area contributed by atoms with Gasteiger partial charge in [0.05, 0.1) is 32.1 Å². The molecule has 8 heteroatoms. The molecule has 2 fully saturated rings. The molecule has 3 aromatic rings. The quantitative estimate of drug-likeness (QED) is 0.602. The Hall–Kier alpha value is -2.81. The van der Waals surface area contributed by atoms with Crippen molar-refractivity contribution >= 4 is 22.3 Å². The molecule has 3 aromatic heterocycles. The molecule has 0 bridgehead atoms. The van der Waals surface area contributed by atoms with Crippen LogP contribution in [0.5, 0.6) is 0 Å². The Balaban J connectivity index is 1.52. The minimum absolute atomic E-state index is 0.0547. The lowest BCUT2D eigenvalue weighted by Gasteiger charge is -2.29. The highest BCUT2D eigenvalue weighted by Crippen LogP contribution is 2.36. The third-order valence-corrected chi connectivity index (χ3v) is 6.70. The van der Waals surface area contributed by atoms with Gasteiger partial charge in [-0.1, -0.05) is 6.08 Å². The Morgan fingerprint density at radius 3 is 2.73 bits per heavy atom. The van der Waals surface area contributed by atoms with Crippen molar-refractivity contribution in [3.63, 3.8) is 0 Å². The molecule has 1 unspecified atom stereocenters. The SMILES string of the molecule is C1=C(c2cc(N3CCOCC3)nc3c(-c4ccnn4C4CCCCO4)nccc23)CCOC1. The van der Waals surface area contributed by atoms with Gasteiger partial charge in [-0.3, -0.25) is 4.98 Å². The van der Waals surface area contributed by atoms with Crippen molar-refractivity contribution in [1.82, 2.24) is 19.7 Å². The molecular formula is C25H29N5O3. The van der Waals surface area contributed by atoms with Gasteiger partial charge in [0.2, 0.25) is 0 Å². The van der Waals surface area contributed by atoms with Crippen LogP contribution >= 0.6 is 0 Å². The zero-order chi connectivity index (χ0) is 22.0. The van der Waals surface area contributed by atoms with E-state index in [0.29, 0.717) is 6.61 Å². The van der Waals surface area contributed by atoms with Crippen LogP contribution in [0.25, 0.3) is 27.9 Å². The van der Waals surface area contributed by atoms with Crippen LogP contribution in [0.1, 0.15) is 37.5 Å². The van der Waals surface area contributed by atoms with Crippen LogP contribution in [0.3, 0.4) is 0 Å². The van der Waals surface area contributed by atoms with E-state index in [-0.39, 0.29) is 6.23 Å². The molecule has 6 heterocycles. The average Bonchev–Trinajstić information content (AvgIpc) is 3.39. The fourth-order valence-electron chi connectivity index (χ4n) is 4.97. The Bertz CT molecular complexity index is 1160. The fraction of sp³-hybridized carbons (Fsp3) is 0.480. The highest BCUT2D eigenvalue weighted by molar-refractivity contribution is 5.99. The van der Waals surface area contributed by atoms with Crippen molar-refractivity contribution in [1.29, 1.82) is 0 Å². The molecule has 1 atom stereocenters. The molecule has 2 saturated heterocycles. The molecule has 0 spiro atoms. The fourth-order valence-corrected chi connectivity index (χ4v) is 4.97. The van der Waals surface area contributed by atoms with Crippen LogP contribution in [0.4, 0.5) is 5.82 Å². The smallest absolute Gasteiger partial charge is 0.150 e. The van der Waals surface area contributed by atoms with Crippen LogP contribution < -0.4 is 4.90 Å². The largest absolute Gasteiger partial charge is 0.378 e. The van der Waals surface area contributed by atoms with E-state index < -0.39 is 0 Å². The first kappa shape index (κ1) is 20.8. The van der Waals surface area contributed by atoms with E-state index in [1.54, 1.807) is 0 Å². The molecular weight excluding hydrogens is 418 g/mol. The molecule has 3 aliphatic heterocycles. The normalized spacial score (nSPS) is 21.9. The van der Waals surface area contributed by atoms with Crippen LogP contribution in [-0.4, -0.2) is 65.9 Å². The summed E-state index contributed by atoms with van der Waals surface area (Å²) in [5, 5.41) is 5.73. The van der Waals surface area contributed by atoms with Crippen molar-refractivity contribution in [2.75, 3.05) is 51.0 Å². The Morgan fingerprint density at radius 2 is 1.91 bits per heavy atom. The minimum atomic E-state index is -0.0547. The van der Waals surface area contributed by atoms with Crippen molar-refractivity contribution in [2.24, 2.45) is 0 Å². The number of anilines is 1. The van der Waals surface area contributed by atoms with Gasteiger partial charge in [0, 0.05) is 37.5 Å². The van der Waals surface area contributed by atoms with Crippen LogP contribution in [0.15, 0.2) is 36.7 Å². The summed E-state index contributed by atoms with van der Waals surface area (Å²) in [6.07, 6.45) is 9.97. The number of pyridine rings is 2. The Kier molecular flexibility index (Phi) is 5.80. The van der Waals surface area contributed by atoms with Crippen molar-refractivity contribution < 1.29 is 14.2 Å².